The highest BCUT2D eigenvalue weighted by Gasteiger charge is 2.32. The number of nitrogen functional groups attached to an aromatic ring is 2. The van der Waals surface area contributed by atoms with E-state index in [0.29, 0.717) is 49.5 Å². The van der Waals surface area contributed by atoms with Gasteiger partial charge in [0.15, 0.2) is 11.5 Å². The molecule has 0 spiro atoms. The fourth-order valence-electron chi connectivity index (χ4n) is 5.52. The van der Waals surface area contributed by atoms with Crippen LogP contribution in [0.2, 0.25) is 0 Å². The van der Waals surface area contributed by atoms with Crippen LogP contribution in [0.3, 0.4) is 0 Å². The number of nitrogens with zero attached hydrogens (tertiary/aromatic N) is 7. The van der Waals surface area contributed by atoms with Gasteiger partial charge in [-0.3, -0.25) is 19.6 Å². The quantitative estimate of drug-likeness (QED) is 0.120. The topological polar surface area (TPSA) is 251 Å². The maximum atomic E-state index is 12.6. The SMILES string of the molecule is C.C.CCOC(=O)N1CCc2cccc(c2)OC/C=C/COc2nc(N)c([N+](=O)[O-])c1n2.Nc1nc2nc3c1[nH]c(=O)n3CCc1cccc(c1)OC/C=C/CO2. The van der Waals surface area contributed by atoms with Gasteiger partial charge < -0.3 is 40.1 Å². The summed E-state index contributed by atoms with van der Waals surface area (Å²) >= 11 is 0. The molecule has 19 heteroatoms. The number of hydrogen-bond donors (Lipinski definition) is 3. The Morgan fingerprint density at radius 2 is 1.37 bits per heavy atom. The number of nitrogens with one attached hydrogen (secondary N) is 1. The molecule has 5 heterocycles. The van der Waals surface area contributed by atoms with Crippen LogP contribution >= 0.6 is 0 Å². The largest absolute Gasteiger partial charge is 0.490 e. The predicted octanol–water partition coefficient (Wildman–Crippen LogP) is 5.04. The minimum absolute atomic E-state index is 0. The molecule has 19 nitrogen and oxygen atoms in total. The Morgan fingerprint density at radius 1 is 0.825 bits per heavy atom. The molecule has 0 fully saturated rings. The molecule has 302 valence electrons. The minimum atomic E-state index is -0.790. The van der Waals surface area contributed by atoms with Gasteiger partial charge in [-0.25, -0.2) is 9.59 Å². The molecule has 2 aliphatic rings. The third-order valence-corrected chi connectivity index (χ3v) is 8.12. The van der Waals surface area contributed by atoms with Gasteiger partial charge in [-0.2, -0.15) is 19.9 Å². The summed E-state index contributed by atoms with van der Waals surface area (Å²) in [6.45, 7) is 3.36. The van der Waals surface area contributed by atoms with Crippen LogP contribution in [-0.2, 0) is 24.1 Å². The summed E-state index contributed by atoms with van der Waals surface area (Å²) in [6.07, 6.45) is 7.35. The molecular formula is C38H46N10O9. The molecule has 0 aliphatic carbocycles. The molecule has 2 aromatic carbocycles. The number of nitro groups is 1. The van der Waals surface area contributed by atoms with Gasteiger partial charge in [-0.1, -0.05) is 39.1 Å². The van der Waals surface area contributed by atoms with Crippen molar-refractivity contribution in [1.82, 2.24) is 29.5 Å². The van der Waals surface area contributed by atoms with Crippen LogP contribution in [0.5, 0.6) is 23.5 Å². The van der Waals surface area contributed by atoms with E-state index in [0.717, 1.165) is 21.8 Å². The summed E-state index contributed by atoms with van der Waals surface area (Å²) in [5, 5.41) is 11.6. The van der Waals surface area contributed by atoms with Gasteiger partial charge in [0.1, 0.15) is 43.4 Å². The number of rotatable bonds is 2. The van der Waals surface area contributed by atoms with Crippen molar-refractivity contribution in [3.63, 3.8) is 0 Å². The van der Waals surface area contributed by atoms with Gasteiger partial charge in [0, 0.05) is 13.1 Å². The summed E-state index contributed by atoms with van der Waals surface area (Å²) in [5.41, 5.74) is 13.7. The maximum Gasteiger partial charge on any atom is 0.415 e. The zero-order chi connectivity index (χ0) is 38.7. The summed E-state index contributed by atoms with van der Waals surface area (Å²) in [5.74, 6) is 0.940. The maximum absolute atomic E-state index is 12.6. The van der Waals surface area contributed by atoms with E-state index in [1.165, 1.54) is 0 Å². The van der Waals surface area contributed by atoms with Crippen LogP contribution < -0.4 is 41.0 Å². The number of fused-ring (bicyclic) bond motifs is 7. The van der Waals surface area contributed by atoms with Crippen molar-refractivity contribution >= 4 is 40.4 Å². The van der Waals surface area contributed by atoms with Crippen molar-refractivity contribution in [2.45, 2.75) is 41.2 Å². The normalized spacial score (nSPS) is 14.9. The summed E-state index contributed by atoms with van der Waals surface area (Å²) in [4.78, 5) is 55.9. The van der Waals surface area contributed by atoms with Crippen molar-refractivity contribution in [2.24, 2.45) is 0 Å². The van der Waals surface area contributed by atoms with Crippen molar-refractivity contribution in [2.75, 3.05) is 55.9 Å². The summed E-state index contributed by atoms with van der Waals surface area (Å²) in [6, 6.07) is 15.1. The molecule has 0 saturated carbocycles. The number of anilines is 3. The zero-order valence-corrected chi connectivity index (χ0v) is 29.8. The third kappa shape index (κ3) is 10.7. The average molecular weight is 787 g/mol. The van der Waals surface area contributed by atoms with E-state index in [-0.39, 0.29) is 70.6 Å². The Kier molecular flexibility index (Phi) is 14.9. The monoisotopic (exact) mass is 786 g/mol. The number of amides is 1. The number of ether oxygens (including phenoxy) is 5. The number of carbonyl (C=O) groups excluding carboxylic acids is 1. The van der Waals surface area contributed by atoms with E-state index in [9.17, 15) is 19.7 Å². The van der Waals surface area contributed by atoms with Gasteiger partial charge in [-0.05, 0) is 79.5 Å². The number of nitrogens with two attached hydrogens (primary N) is 2. The molecule has 2 aliphatic heterocycles. The molecule has 0 saturated heterocycles. The van der Waals surface area contributed by atoms with Crippen LogP contribution in [0.25, 0.3) is 11.2 Å². The Labute approximate surface area is 328 Å². The first-order valence-corrected chi connectivity index (χ1v) is 17.2. The number of aryl methyl sites for hydroxylation is 2. The standard InChI is InChI=1S/C19H21N5O6.C17H17N5O3.2CH4/c1-2-28-19(25)23-9-8-13-6-5-7-14(12-13)29-10-3-4-11-30-18-21-16(20)15(24(26)27)17(23)22-18;18-14-13-15-21-16(20-14)25-9-2-1-8-24-12-5-3-4-11(10-12)6-7-22(15)17(23)19-13;;/h3-7,12H,2,8-11H2,1H3,(H2,20,21,22);1-5,10H,6-9H2,(H,19,23)(H2,18,20,21);2*1H4/b4-3+;2-1+;;. The lowest BCUT2D eigenvalue weighted by molar-refractivity contribution is -0.383. The Bertz CT molecular complexity index is 2290. The van der Waals surface area contributed by atoms with Crippen LogP contribution in [-0.4, -0.2) is 80.1 Å². The van der Waals surface area contributed by atoms with Crippen LogP contribution in [0.15, 0.2) is 77.6 Å². The molecule has 1 amide bonds. The highest BCUT2D eigenvalue weighted by atomic mass is 16.6. The zero-order valence-electron chi connectivity index (χ0n) is 29.8. The van der Waals surface area contributed by atoms with E-state index >= 15 is 0 Å². The smallest absolute Gasteiger partial charge is 0.415 e. The number of aromatic nitrogens is 6. The van der Waals surface area contributed by atoms with Gasteiger partial charge in [-0.15, -0.1) is 0 Å². The Hall–Kier alpha value is -7.18. The number of hydrogen-bond acceptors (Lipinski definition) is 15. The predicted molar refractivity (Wildman–Crippen MR) is 214 cm³/mol. The molecule has 5 N–H and O–H groups in total. The second-order valence-electron chi connectivity index (χ2n) is 11.8. The van der Waals surface area contributed by atoms with Gasteiger partial charge in [0.05, 0.1) is 11.5 Å². The molecule has 5 aromatic rings. The van der Waals surface area contributed by atoms with Crippen LogP contribution in [0.4, 0.5) is 27.9 Å². The number of aromatic amines is 1. The fourth-order valence-corrected chi connectivity index (χ4v) is 5.52. The van der Waals surface area contributed by atoms with Gasteiger partial charge in [0.25, 0.3) is 0 Å². The van der Waals surface area contributed by atoms with Crippen molar-refractivity contribution in [3.05, 3.63) is 105 Å². The van der Waals surface area contributed by atoms with Crippen LogP contribution in [0.1, 0.15) is 32.9 Å². The van der Waals surface area contributed by atoms with Crippen molar-refractivity contribution in [3.8, 4) is 23.5 Å². The molecular weight excluding hydrogens is 740 g/mol. The third-order valence-electron chi connectivity index (χ3n) is 8.12. The molecule has 0 radical (unpaired) electrons. The number of carbonyl (C=O) groups is 1. The molecule has 7 rings (SSSR count). The van der Waals surface area contributed by atoms with Gasteiger partial charge >= 0.3 is 29.5 Å². The van der Waals surface area contributed by atoms with Crippen molar-refractivity contribution < 1.29 is 33.4 Å². The van der Waals surface area contributed by atoms with E-state index in [2.05, 4.69) is 24.9 Å². The van der Waals surface area contributed by atoms with E-state index in [1.54, 1.807) is 23.6 Å². The van der Waals surface area contributed by atoms with Crippen LogP contribution in [0, 0.1) is 10.1 Å². The van der Waals surface area contributed by atoms with E-state index in [1.807, 2.05) is 60.7 Å². The summed E-state index contributed by atoms with van der Waals surface area (Å²) < 4.78 is 28.9. The first-order chi connectivity index (χ1) is 26.7. The summed E-state index contributed by atoms with van der Waals surface area (Å²) in [7, 11) is 0. The Morgan fingerprint density at radius 3 is 1.95 bits per heavy atom. The average Bonchev–Trinajstić information content (AvgIpc) is 3.48. The van der Waals surface area contributed by atoms with Gasteiger partial charge in [0.2, 0.25) is 11.6 Å². The number of benzene rings is 2. The molecule has 57 heavy (non-hydrogen) atoms. The lowest BCUT2D eigenvalue weighted by Gasteiger charge is -2.21. The molecule has 0 unspecified atom stereocenters. The fraction of sp³-hybridized carbons (Fsp3) is 0.316. The highest BCUT2D eigenvalue weighted by molar-refractivity contribution is 5.91. The highest BCUT2D eigenvalue weighted by Crippen LogP contribution is 2.33. The first-order valence-electron chi connectivity index (χ1n) is 17.2. The molecule has 0 atom stereocenters. The Balaban J connectivity index is 0.000000247. The molecule has 8 bridgehead atoms. The number of H-pyrrole nitrogens is 1. The van der Waals surface area contributed by atoms with Crippen molar-refractivity contribution in [1.29, 1.82) is 0 Å². The van der Waals surface area contributed by atoms with E-state index in [4.69, 9.17) is 35.2 Å². The first kappa shape index (κ1) is 42.6. The second kappa shape index (κ2) is 19.9. The minimum Gasteiger partial charge on any atom is -0.490 e. The lowest BCUT2D eigenvalue weighted by Crippen LogP contribution is -2.35. The number of imidazole rings is 1. The molecule has 3 aromatic heterocycles. The second-order valence-corrected chi connectivity index (χ2v) is 11.8. The lowest BCUT2D eigenvalue weighted by atomic mass is 10.1. The van der Waals surface area contributed by atoms with E-state index < -0.39 is 22.5 Å².